The first-order chi connectivity index (χ1) is 3.31. The van der Waals surface area contributed by atoms with Crippen LogP contribution >= 0.6 is 0 Å². The van der Waals surface area contributed by atoms with Gasteiger partial charge in [-0.25, -0.2) is 0 Å². The Morgan fingerprint density at radius 1 is 1.86 bits per heavy atom. The summed E-state index contributed by atoms with van der Waals surface area (Å²) in [6, 6.07) is 0. The Labute approximate surface area is 43.6 Å². The summed E-state index contributed by atoms with van der Waals surface area (Å²) in [5, 5.41) is 8.65. The van der Waals surface area contributed by atoms with Gasteiger partial charge in [0.1, 0.15) is 0 Å². The molecule has 0 rings (SSSR count). The molecule has 42 valence electrons. The SMILES string of the molecule is C/C=C/C(O)CN. The third kappa shape index (κ3) is 3.49. The minimum Gasteiger partial charge on any atom is -0.388 e. The van der Waals surface area contributed by atoms with E-state index in [2.05, 4.69) is 0 Å². The average Bonchev–Trinajstić information content (AvgIpc) is 1.68. The van der Waals surface area contributed by atoms with Crippen LogP contribution in [0.3, 0.4) is 0 Å². The van der Waals surface area contributed by atoms with Crippen molar-refractivity contribution in [3.63, 3.8) is 0 Å². The highest BCUT2D eigenvalue weighted by molar-refractivity contribution is 4.85. The maximum atomic E-state index is 8.65. The summed E-state index contributed by atoms with van der Waals surface area (Å²) in [7, 11) is 0. The Balaban J connectivity index is 3.16. The van der Waals surface area contributed by atoms with Gasteiger partial charge in [0, 0.05) is 6.54 Å². The molecule has 3 N–H and O–H groups in total. The molecule has 0 spiro atoms. The van der Waals surface area contributed by atoms with Crippen molar-refractivity contribution in [3.8, 4) is 0 Å². The van der Waals surface area contributed by atoms with Gasteiger partial charge >= 0.3 is 0 Å². The first-order valence-electron chi connectivity index (χ1n) is 2.32. The molecule has 0 fully saturated rings. The van der Waals surface area contributed by atoms with E-state index in [1.54, 1.807) is 12.2 Å². The zero-order chi connectivity index (χ0) is 5.70. The summed E-state index contributed by atoms with van der Waals surface area (Å²) in [5.41, 5.74) is 5.06. The van der Waals surface area contributed by atoms with Crippen molar-refractivity contribution < 1.29 is 5.11 Å². The molecule has 0 aromatic carbocycles. The van der Waals surface area contributed by atoms with Crippen molar-refractivity contribution >= 4 is 0 Å². The lowest BCUT2D eigenvalue weighted by molar-refractivity contribution is 0.231. The molecule has 0 heterocycles. The third-order valence-electron chi connectivity index (χ3n) is 0.656. The molecule has 0 amide bonds. The van der Waals surface area contributed by atoms with Gasteiger partial charge in [-0.15, -0.1) is 0 Å². The van der Waals surface area contributed by atoms with Crippen LogP contribution in [0.5, 0.6) is 0 Å². The number of hydrogen-bond donors (Lipinski definition) is 2. The molecule has 1 atom stereocenters. The molecular weight excluding hydrogens is 90.1 g/mol. The highest BCUT2D eigenvalue weighted by Crippen LogP contribution is 1.78. The highest BCUT2D eigenvalue weighted by Gasteiger charge is 1.88. The van der Waals surface area contributed by atoms with Crippen molar-refractivity contribution in [2.45, 2.75) is 13.0 Å². The number of aliphatic hydroxyl groups excluding tert-OH is 1. The van der Waals surface area contributed by atoms with Gasteiger partial charge in [-0.3, -0.25) is 0 Å². The van der Waals surface area contributed by atoms with Crippen LogP contribution in [0, 0.1) is 0 Å². The monoisotopic (exact) mass is 101 g/mol. The Hall–Kier alpha value is -0.340. The molecule has 0 saturated carbocycles. The van der Waals surface area contributed by atoms with Gasteiger partial charge in [-0.05, 0) is 6.92 Å². The number of nitrogens with two attached hydrogens (primary N) is 1. The average molecular weight is 101 g/mol. The van der Waals surface area contributed by atoms with Crippen LogP contribution in [0.2, 0.25) is 0 Å². The number of aliphatic hydroxyl groups is 1. The fourth-order valence-corrected chi connectivity index (χ4v) is 0.301. The summed E-state index contributed by atoms with van der Waals surface area (Å²) >= 11 is 0. The molecular formula is C5H11NO. The van der Waals surface area contributed by atoms with Gasteiger partial charge < -0.3 is 10.8 Å². The van der Waals surface area contributed by atoms with Gasteiger partial charge in [-0.2, -0.15) is 0 Å². The molecule has 0 aromatic rings. The molecule has 0 radical (unpaired) electrons. The predicted molar refractivity (Wildman–Crippen MR) is 29.9 cm³/mol. The second-order valence-electron chi connectivity index (χ2n) is 1.33. The maximum absolute atomic E-state index is 8.65. The smallest absolute Gasteiger partial charge is 0.0843 e. The van der Waals surface area contributed by atoms with E-state index in [0.717, 1.165) is 0 Å². The van der Waals surface area contributed by atoms with E-state index < -0.39 is 6.10 Å². The Bertz CT molecular complexity index is 61.1. The molecule has 2 nitrogen and oxygen atoms in total. The predicted octanol–water partition coefficient (Wildman–Crippen LogP) is -0.118. The minimum absolute atomic E-state index is 0.310. The van der Waals surface area contributed by atoms with E-state index in [1.807, 2.05) is 6.92 Å². The lowest BCUT2D eigenvalue weighted by atomic mass is 10.3. The molecule has 1 unspecified atom stereocenters. The minimum atomic E-state index is -0.454. The Kier molecular flexibility index (Phi) is 3.65. The maximum Gasteiger partial charge on any atom is 0.0843 e. The van der Waals surface area contributed by atoms with Crippen LogP contribution in [0.25, 0.3) is 0 Å². The summed E-state index contributed by atoms with van der Waals surface area (Å²) in [6.45, 7) is 2.16. The summed E-state index contributed by atoms with van der Waals surface area (Å²) in [5.74, 6) is 0. The van der Waals surface area contributed by atoms with Crippen molar-refractivity contribution in [2.24, 2.45) is 5.73 Å². The van der Waals surface area contributed by atoms with E-state index in [0.29, 0.717) is 6.54 Å². The summed E-state index contributed by atoms with van der Waals surface area (Å²) in [6.07, 6.45) is 2.97. The number of allylic oxidation sites excluding steroid dienone is 1. The molecule has 0 aliphatic carbocycles. The second kappa shape index (κ2) is 3.84. The van der Waals surface area contributed by atoms with Crippen LogP contribution in [0.15, 0.2) is 12.2 Å². The lowest BCUT2D eigenvalue weighted by Crippen LogP contribution is -2.16. The van der Waals surface area contributed by atoms with Gasteiger partial charge in [0.25, 0.3) is 0 Å². The fraction of sp³-hybridized carbons (Fsp3) is 0.600. The van der Waals surface area contributed by atoms with Crippen LogP contribution in [0.4, 0.5) is 0 Å². The quantitative estimate of drug-likeness (QED) is 0.476. The van der Waals surface area contributed by atoms with Gasteiger partial charge in [-0.1, -0.05) is 12.2 Å². The first-order valence-corrected chi connectivity index (χ1v) is 2.32. The largest absolute Gasteiger partial charge is 0.388 e. The second-order valence-corrected chi connectivity index (χ2v) is 1.33. The van der Waals surface area contributed by atoms with Gasteiger partial charge in [0.15, 0.2) is 0 Å². The zero-order valence-electron chi connectivity index (χ0n) is 4.46. The summed E-state index contributed by atoms with van der Waals surface area (Å²) < 4.78 is 0. The third-order valence-corrected chi connectivity index (χ3v) is 0.656. The molecule has 0 aromatic heterocycles. The van der Waals surface area contributed by atoms with Crippen molar-refractivity contribution in [1.82, 2.24) is 0 Å². The van der Waals surface area contributed by atoms with Crippen LogP contribution in [-0.2, 0) is 0 Å². The van der Waals surface area contributed by atoms with Crippen molar-refractivity contribution in [1.29, 1.82) is 0 Å². The van der Waals surface area contributed by atoms with Crippen molar-refractivity contribution in [2.75, 3.05) is 6.54 Å². The normalized spacial score (nSPS) is 15.3. The van der Waals surface area contributed by atoms with E-state index in [1.165, 1.54) is 0 Å². The highest BCUT2D eigenvalue weighted by atomic mass is 16.3. The van der Waals surface area contributed by atoms with Crippen LogP contribution < -0.4 is 5.73 Å². The molecule has 7 heavy (non-hydrogen) atoms. The Morgan fingerprint density at radius 2 is 2.43 bits per heavy atom. The molecule has 0 aliphatic heterocycles. The first kappa shape index (κ1) is 6.66. The summed E-state index contributed by atoms with van der Waals surface area (Å²) in [4.78, 5) is 0. The van der Waals surface area contributed by atoms with Gasteiger partial charge in [0.05, 0.1) is 6.10 Å². The van der Waals surface area contributed by atoms with E-state index >= 15 is 0 Å². The van der Waals surface area contributed by atoms with E-state index in [-0.39, 0.29) is 0 Å². The topological polar surface area (TPSA) is 46.2 Å². The van der Waals surface area contributed by atoms with Crippen molar-refractivity contribution in [3.05, 3.63) is 12.2 Å². The van der Waals surface area contributed by atoms with E-state index in [4.69, 9.17) is 10.8 Å². The van der Waals surface area contributed by atoms with Crippen LogP contribution in [-0.4, -0.2) is 17.8 Å². The number of rotatable bonds is 2. The molecule has 0 saturated heterocycles. The Morgan fingerprint density at radius 3 is 2.57 bits per heavy atom. The molecule has 0 bridgehead atoms. The molecule has 2 heteroatoms. The van der Waals surface area contributed by atoms with E-state index in [9.17, 15) is 0 Å². The van der Waals surface area contributed by atoms with Gasteiger partial charge in [0.2, 0.25) is 0 Å². The fourth-order valence-electron chi connectivity index (χ4n) is 0.301. The lowest BCUT2D eigenvalue weighted by Gasteiger charge is -1.95. The molecule has 0 aliphatic rings. The standard InChI is InChI=1S/C5H11NO/c1-2-3-5(7)4-6/h2-3,5,7H,4,6H2,1H3/b3-2+. The number of hydrogen-bond acceptors (Lipinski definition) is 2. The zero-order valence-corrected chi connectivity index (χ0v) is 4.46. The van der Waals surface area contributed by atoms with Crippen LogP contribution in [0.1, 0.15) is 6.92 Å².